The second kappa shape index (κ2) is 6.63. The molecule has 0 radical (unpaired) electrons. The fourth-order valence-corrected chi connectivity index (χ4v) is 2.20. The zero-order valence-electron chi connectivity index (χ0n) is 11.2. The van der Waals surface area contributed by atoms with E-state index in [2.05, 4.69) is 15.5 Å². The van der Waals surface area contributed by atoms with Gasteiger partial charge >= 0.3 is 0 Å². The summed E-state index contributed by atoms with van der Waals surface area (Å²) in [5.41, 5.74) is 0.511. The highest BCUT2D eigenvalue weighted by atomic mass is 19.1. The molecule has 104 valence electrons. The smallest absolute Gasteiger partial charge is 0.228 e. The van der Waals surface area contributed by atoms with Crippen LogP contribution >= 0.6 is 0 Å². The van der Waals surface area contributed by atoms with Gasteiger partial charge in [-0.3, -0.25) is 4.79 Å². The first kappa shape index (κ1) is 14.0. The van der Waals surface area contributed by atoms with Gasteiger partial charge in [0.2, 0.25) is 5.91 Å². The number of hydrogen-bond acceptors (Lipinski definition) is 3. The fraction of sp³-hybridized carbons (Fsp3) is 0.500. The predicted molar refractivity (Wildman–Crippen MR) is 73.5 cm³/mol. The summed E-state index contributed by atoms with van der Waals surface area (Å²) >= 11 is 0. The molecule has 5 heteroatoms. The zero-order valence-corrected chi connectivity index (χ0v) is 11.2. The summed E-state index contributed by atoms with van der Waals surface area (Å²) in [7, 11) is 0. The molecule has 0 aliphatic carbocycles. The van der Waals surface area contributed by atoms with Gasteiger partial charge in [-0.1, -0.05) is 13.0 Å². The van der Waals surface area contributed by atoms with E-state index in [1.165, 1.54) is 12.1 Å². The Morgan fingerprint density at radius 1 is 1.47 bits per heavy atom. The van der Waals surface area contributed by atoms with Crippen molar-refractivity contribution in [3.05, 3.63) is 30.1 Å². The molecule has 1 atom stereocenters. The first-order valence-electron chi connectivity index (χ1n) is 6.64. The van der Waals surface area contributed by atoms with Crippen LogP contribution in [-0.4, -0.2) is 43.5 Å². The van der Waals surface area contributed by atoms with Crippen molar-refractivity contribution >= 4 is 11.6 Å². The van der Waals surface area contributed by atoms with Gasteiger partial charge in [-0.05, 0) is 18.2 Å². The van der Waals surface area contributed by atoms with Gasteiger partial charge in [-0.2, -0.15) is 0 Å². The maximum atomic E-state index is 13.0. The van der Waals surface area contributed by atoms with Gasteiger partial charge in [-0.15, -0.1) is 0 Å². The van der Waals surface area contributed by atoms with E-state index in [1.54, 1.807) is 12.1 Å². The van der Waals surface area contributed by atoms with Crippen molar-refractivity contribution in [3.63, 3.8) is 0 Å². The summed E-state index contributed by atoms with van der Waals surface area (Å²) in [6.07, 6.45) is 0. The summed E-state index contributed by atoms with van der Waals surface area (Å²) in [5, 5.41) is 6.03. The first-order valence-corrected chi connectivity index (χ1v) is 6.64. The minimum Gasteiger partial charge on any atom is -0.326 e. The average molecular weight is 265 g/mol. The van der Waals surface area contributed by atoms with Crippen LogP contribution in [0.2, 0.25) is 0 Å². The molecule has 1 aliphatic heterocycles. The molecule has 1 saturated heterocycles. The Hall–Kier alpha value is -1.46. The fourth-order valence-electron chi connectivity index (χ4n) is 2.20. The number of piperazine rings is 1. The van der Waals surface area contributed by atoms with E-state index >= 15 is 0 Å². The molecule has 4 nitrogen and oxygen atoms in total. The maximum Gasteiger partial charge on any atom is 0.228 e. The monoisotopic (exact) mass is 265 g/mol. The molecule has 1 aromatic rings. The molecule has 0 spiro atoms. The summed E-state index contributed by atoms with van der Waals surface area (Å²) < 4.78 is 13.0. The van der Waals surface area contributed by atoms with Gasteiger partial charge in [0.1, 0.15) is 5.82 Å². The summed E-state index contributed by atoms with van der Waals surface area (Å²) in [4.78, 5) is 14.3. The molecule has 1 aromatic carbocycles. The Kier molecular flexibility index (Phi) is 4.87. The van der Waals surface area contributed by atoms with E-state index in [0.717, 1.165) is 32.7 Å². The van der Waals surface area contributed by atoms with Crippen LogP contribution in [0.15, 0.2) is 24.3 Å². The average Bonchev–Trinajstić information content (AvgIpc) is 2.40. The number of benzene rings is 1. The molecule has 2 rings (SSSR count). The third kappa shape index (κ3) is 4.29. The van der Waals surface area contributed by atoms with Crippen LogP contribution in [0.3, 0.4) is 0 Å². The Morgan fingerprint density at radius 2 is 2.21 bits per heavy atom. The maximum absolute atomic E-state index is 13.0. The standard InChI is InChI=1S/C14H20FN3O/c1-11(10-18-7-5-16-6-8-18)14(19)17-13-4-2-3-12(15)9-13/h2-4,9,11,16H,5-8,10H2,1H3,(H,17,19). The number of hydrogen-bond donors (Lipinski definition) is 2. The van der Waals surface area contributed by atoms with Crippen LogP contribution < -0.4 is 10.6 Å². The molecule has 1 unspecified atom stereocenters. The number of rotatable bonds is 4. The molecule has 0 saturated carbocycles. The molecule has 1 heterocycles. The minimum atomic E-state index is -0.340. The van der Waals surface area contributed by atoms with Gasteiger partial charge in [0, 0.05) is 44.3 Å². The molecule has 19 heavy (non-hydrogen) atoms. The molecular weight excluding hydrogens is 245 g/mol. The van der Waals surface area contributed by atoms with E-state index in [9.17, 15) is 9.18 Å². The van der Waals surface area contributed by atoms with Crippen molar-refractivity contribution in [2.24, 2.45) is 5.92 Å². The second-order valence-corrected chi connectivity index (χ2v) is 4.95. The van der Waals surface area contributed by atoms with Crippen LogP contribution in [0.5, 0.6) is 0 Å². The quantitative estimate of drug-likeness (QED) is 0.862. The Morgan fingerprint density at radius 3 is 2.89 bits per heavy atom. The Labute approximate surface area is 113 Å². The van der Waals surface area contributed by atoms with Gasteiger partial charge in [0.25, 0.3) is 0 Å². The summed E-state index contributed by atoms with van der Waals surface area (Å²) in [6, 6.07) is 5.97. The topological polar surface area (TPSA) is 44.4 Å². The number of nitrogens with one attached hydrogen (secondary N) is 2. The Balaban J connectivity index is 1.84. The van der Waals surface area contributed by atoms with Crippen molar-refractivity contribution in [1.82, 2.24) is 10.2 Å². The second-order valence-electron chi connectivity index (χ2n) is 4.95. The lowest BCUT2D eigenvalue weighted by Gasteiger charge is -2.29. The molecular formula is C14H20FN3O. The normalized spacial score (nSPS) is 18.0. The van der Waals surface area contributed by atoms with Crippen molar-refractivity contribution in [2.45, 2.75) is 6.92 Å². The number of carbonyl (C=O) groups is 1. The highest BCUT2D eigenvalue weighted by Crippen LogP contribution is 2.11. The van der Waals surface area contributed by atoms with E-state index in [-0.39, 0.29) is 17.6 Å². The molecule has 1 fully saturated rings. The highest BCUT2D eigenvalue weighted by molar-refractivity contribution is 5.92. The minimum absolute atomic E-state index is 0.0656. The van der Waals surface area contributed by atoms with Crippen LogP contribution in [0, 0.1) is 11.7 Å². The van der Waals surface area contributed by atoms with Crippen molar-refractivity contribution < 1.29 is 9.18 Å². The highest BCUT2D eigenvalue weighted by Gasteiger charge is 2.18. The van der Waals surface area contributed by atoms with Crippen LogP contribution in [0.1, 0.15) is 6.92 Å². The molecule has 0 bridgehead atoms. The van der Waals surface area contributed by atoms with Crippen LogP contribution in [0.4, 0.5) is 10.1 Å². The SMILES string of the molecule is CC(CN1CCNCC1)C(=O)Nc1cccc(F)c1. The van der Waals surface area contributed by atoms with E-state index in [0.29, 0.717) is 5.69 Å². The third-order valence-corrected chi connectivity index (χ3v) is 3.28. The number of amides is 1. The number of nitrogens with zero attached hydrogens (tertiary/aromatic N) is 1. The Bertz CT molecular complexity index is 432. The van der Waals surface area contributed by atoms with Crippen LogP contribution in [-0.2, 0) is 4.79 Å². The lowest BCUT2D eigenvalue weighted by Crippen LogP contribution is -2.46. The number of anilines is 1. The van der Waals surface area contributed by atoms with Crippen molar-refractivity contribution in [1.29, 1.82) is 0 Å². The zero-order chi connectivity index (χ0) is 13.7. The third-order valence-electron chi connectivity index (χ3n) is 3.28. The van der Waals surface area contributed by atoms with Gasteiger partial charge < -0.3 is 15.5 Å². The summed E-state index contributed by atoms with van der Waals surface area (Å²) in [6.45, 7) is 6.52. The lowest BCUT2D eigenvalue weighted by atomic mass is 10.1. The van der Waals surface area contributed by atoms with Crippen molar-refractivity contribution in [3.8, 4) is 0 Å². The molecule has 1 amide bonds. The van der Waals surface area contributed by atoms with E-state index in [1.807, 2.05) is 6.92 Å². The lowest BCUT2D eigenvalue weighted by molar-refractivity contribution is -0.120. The van der Waals surface area contributed by atoms with Crippen molar-refractivity contribution in [2.75, 3.05) is 38.0 Å². The van der Waals surface area contributed by atoms with Gasteiger partial charge in [-0.25, -0.2) is 4.39 Å². The van der Waals surface area contributed by atoms with E-state index in [4.69, 9.17) is 0 Å². The largest absolute Gasteiger partial charge is 0.326 e. The van der Waals surface area contributed by atoms with Gasteiger partial charge in [0.05, 0.1) is 0 Å². The summed E-state index contributed by atoms with van der Waals surface area (Å²) in [5.74, 6) is -0.516. The van der Waals surface area contributed by atoms with Gasteiger partial charge in [0.15, 0.2) is 0 Å². The molecule has 1 aliphatic rings. The van der Waals surface area contributed by atoms with Crippen LogP contribution in [0.25, 0.3) is 0 Å². The first-order chi connectivity index (χ1) is 9.15. The number of halogens is 1. The number of carbonyl (C=O) groups excluding carboxylic acids is 1. The molecule has 2 N–H and O–H groups in total. The van der Waals surface area contributed by atoms with E-state index < -0.39 is 0 Å². The predicted octanol–water partition coefficient (Wildman–Crippen LogP) is 1.31. The molecule has 0 aromatic heterocycles.